The van der Waals surface area contributed by atoms with Crippen molar-refractivity contribution in [2.75, 3.05) is 40.6 Å². The summed E-state index contributed by atoms with van der Waals surface area (Å²) >= 11 is 7.93. The van der Waals surface area contributed by atoms with Gasteiger partial charge in [-0.25, -0.2) is 0 Å². The molecule has 2 atom stereocenters. The first-order chi connectivity index (χ1) is 13.3. The fourth-order valence-electron chi connectivity index (χ4n) is 3.58. The van der Waals surface area contributed by atoms with E-state index in [0.29, 0.717) is 22.0 Å². The van der Waals surface area contributed by atoms with Gasteiger partial charge < -0.3 is 19.1 Å². The fourth-order valence-corrected chi connectivity index (χ4v) is 5.28. The number of nitrogens with zero attached hydrogens (tertiary/aromatic N) is 1. The summed E-state index contributed by atoms with van der Waals surface area (Å²) in [5.41, 5.74) is -0.968. The lowest BCUT2D eigenvalue weighted by Gasteiger charge is -2.37. The van der Waals surface area contributed by atoms with Crippen LogP contribution in [-0.2, 0) is 4.79 Å². The number of ketones is 2. The molecule has 0 saturated heterocycles. The number of allylic oxidation sites excluding steroid dienone is 1. The van der Waals surface area contributed by atoms with Gasteiger partial charge in [-0.15, -0.1) is 11.8 Å². The Hall–Kier alpha value is -1.70. The third-order valence-electron chi connectivity index (χ3n) is 5.07. The average molecular weight is 426 g/mol. The Kier molecular flexibility index (Phi) is 5.98. The molecule has 0 aromatic heterocycles. The van der Waals surface area contributed by atoms with E-state index in [4.69, 9.17) is 25.8 Å². The summed E-state index contributed by atoms with van der Waals surface area (Å²) in [7, 11) is 6.92. The Bertz CT molecular complexity index is 853. The number of halogens is 1. The average Bonchev–Trinajstić information content (AvgIpc) is 2.95. The van der Waals surface area contributed by atoms with Gasteiger partial charge in [-0.05, 0) is 20.2 Å². The number of fused-ring (bicyclic) bond motifs is 1. The minimum atomic E-state index is -1.27. The van der Waals surface area contributed by atoms with Crippen LogP contribution in [0.2, 0.25) is 5.02 Å². The van der Waals surface area contributed by atoms with Crippen molar-refractivity contribution in [3.8, 4) is 17.2 Å². The molecular formula is C20H24ClNO5S. The highest BCUT2D eigenvalue weighted by molar-refractivity contribution is 8.03. The molecule has 28 heavy (non-hydrogen) atoms. The Morgan fingerprint density at radius 1 is 1.29 bits per heavy atom. The molecule has 152 valence electrons. The van der Waals surface area contributed by atoms with Gasteiger partial charge in [0.1, 0.15) is 22.1 Å². The van der Waals surface area contributed by atoms with E-state index in [2.05, 4.69) is 0 Å². The Morgan fingerprint density at radius 3 is 2.57 bits per heavy atom. The van der Waals surface area contributed by atoms with Crippen LogP contribution in [0.25, 0.3) is 0 Å². The number of thioether (sulfide) groups is 1. The van der Waals surface area contributed by atoms with Crippen molar-refractivity contribution in [3.63, 3.8) is 0 Å². The van der Waals surface area contributed by atoms with Crippen LogP contribution in [0, 0.1) is 5.92 Å². The van der Waals surface area contributed by atoms with Gasteiger partial charge in [-0.3, -0.25) is 9.59 Å². The molecule has 1 aromatic rings. The van der Waals surface area contributed by atoms with Crippen LogP contribution < -0.4 is 14.2 Å². The summed E-state index contributed by atoms with van der Waals surface area (Å²) in [6.45, 7) is 2.67. The molecule has 0 N–H and O–H groups in total. The molecule has 1 spiro atoms. The maximum absolute atomic E-state index is 13.6. The standard InChI is InChI=1S/C20H24ClNO5S/c1-11-8-12(23)9-15(28-7-6-22(2)3)20(11)19(24)16-13(25-4)10-14(26-5)17(21)18(16)27-20/h9-11H,6-8H2,1-5H3/t11-,20+/m1/s1. The molecule has 1 aromatic carbocycles. The number of carbonyl (C=O) groups is 2. The predicted octanol–water partition coefficient (Wildman–Crippen LogP) is 3.46. The number of rotatable bonds is 6. The highest BCUT2D eigenvalue weighted by Gasteiger charge is 2.58. The first kappa shape index (κ1) is 21.0. The van der Waals surface area contributed by atoms with Crippen molar-refractivity contribution >= 4 is 34.9 Å². The maximum Gasteiger partial charge on any atom is 0.219 e. The van der Waals surface area contributed by atoms with Crippen molar-refractivity contribution in [2.45, 2.75) is 18.9 Å². The van der Waals surface area contributed by atoms with E-state index in [9.17, 15) is 9.59 Å². The molecule has 2 aliphatic rings. The van der Waals surface area contributed by atoms with E-state index >= 15 is 0 Å². The van der Waals surface area contributed by atoms with Crippen molar-refractivity contribution in [3.05, 3.63) is 27.6 Å². The zero-order chi connectivity index (χ0) is 20.6. The summed E-state index contributed by atoms with van der Waals surface area (Å²) in [6.07, 6.45) is 1.77. The SMILES string of the molecule is COc1cc(OC)c2c(c1Cl)O[C@]1(C2=O)C(SCCN(C)C)=CC(=O)C[C@H]1C. The lowest BCUT2D eigenvalue weighted by atomic mass is 9.77. The summed E-state index contributed by atoms with van der Waals surface area (Å²) < 4.78 is 17.0. The fraction of sp³-hybridized carbons (Fsp3) is 0.500. The first-order valence-corrected chi connectivity index (χ1v) is 10.3. The molecule has 8 heteroatoms. The largest absolute Gasteiger partial charge is 0.496 e. The molecule has 1 heterocycles. The Morgan fingerprint density at radius 2 is 1.96 bits per heavy atom. The number of hydrogen-bond acceptors (Lipinski definition) is 7. The number of hydrogen-bond donors (Lipinski definition) is 0. The molecule has 0 saturated carbocycles. The molecule has 1 aliphatic heterocycles. The second-order valence-corrected chi connectivity index (χ2v) is 8.71. The quantitative estimate of drug-likeness (QED) is 0.691. The number of ether oxygens (including phenoxy) is 3. The monoisotopic (exact) mass is 425 g/mol. The van der Waals surface area contributed by atoms with Gasteiger partial charge in [-0.2, -0.15) is 0 Å². The predicted molar refractivity (Wildman–Crippen MR) is 110 cm³/mol. The zero-order valence-corrected chi connectivity index (χ0v) is 18.2. The highest BCUT2D eigenvalue weighted by Crippen LogP contribution is 2.56. The van der Waals surface area contributed by atoms with E-state index in [1.165, 1.54) is 26.0 Å². The van der Waals surface area contributed by atoms with E-state index in [-0.39, 0.29) is 34.7 Å². The van der Waals surface area contributed by atoms with E-state index < -0.39 is 5.60 Å². The van der Waals surface area contributed by atoms with Gasteiger partial charge in [0.25, 0.3) is 0 Å². The van der Waals surface area contributed by atoms with Gasteiger partial charge >= 0.3 is 0 Å². The molecular weight excluding hydrogens is 402 g/mol. The Balaban J connectivity index is 2.10. The number of Topliss-reactive ketones (excluding diaryl/α,β-unsaturated/α-hetero) is 1. The highest BCUT2D eigenvalue weighted by atomic mass is 35.5. The van der Waals surface area contributed by atoms with Crippen molar-refractivity contribution in [1.29, 1.82) is 0 Å². The van der Waals surface area contributed by atoms with Crippen LogP contribution in [0.4, 0.5) is 0 Å². The second kappa shape index (κ2) is 7.97. The van der Waals surface area contributed by atoms with Crippen LogP contribution in [-0.4, -0.2) is 62.7 Å². The van der Waals surface area contributed by atoms with Gasteiger partial charge in [0.05, 0.1) is 14.2 Å². The summed E-state index contributed by atoms with van der Waals surface area (Å²) in [5.74, 6) is 1.12. The van der Waals surface area contributed by atoms with Gasteiger partial charge in [0.2, 0.25) is 11.4 Å². The molecule has 0 amide bonds. The van der Waals surface area contributed by atoms with Crippen molar-refractivity contribution < 1.29 is 23.8 Å². The smallest absolute Gasteiger partial charge is 0.219 e. The van der Waals surface area contributed by atoms with Crippen molar-refractivity contribution in [1.82, 2.24) is 4.90 Å². The normalized spacial score (nSPS) is 23.7. The third-order valence-corrected chi connectivity index (χ3v) is 6.55. The maximum atomic E-state index is 13.6. The van der Waals surface area contributed by atoms with Crippen LogP contribution in [0.3, 0.4) is 0 Å². The minimum absolute atomic E-state index is 0.00604. The van der Waals surface area contributed by atoms with E-state index in [1.54, 1.807) is 12.1 Å². The summed E-state index contributed by atoms with van der Waals surface area (Å²) in [5, 5.41) is 0.227. The topological polar surface area (TPSA) is 65.1 Å². The second-order valence-electron chi connectivity index (χ2n) is 7.20. The molecule has 1 aliphatic carbocycles. The Labute approximate surface area is 174 Å². The molecule has 0 bridgehead atoms. The summed E-state index contributed by atoms with van der Waals surface area (Å²) in [4.78, 5) is 28.6. The van der Waals surface area contributed by atoms with E-state index in [1.807, 2.05) is 25.9 Å². The zero-order valence-electron chi connectivity index (χ0n) is 16.6. The summed E-state index contributed by atoms with van der Waals surface area (Å²) in [6, 6.07) is 1.59. The molecule has 0 unspecified atom stereocenters. The van der Waals surface area contributed by atoms with Crippen LogP contribution in [0.15, 0.2) is 17.0 Å². The molecule has 6 nitrogen and oxygen atoms in total. The van der Waals surface area contributed by atoms with Gasteiger partial charge in [0, 0.05) is 35.6 Å². The van der Waals surface area contributed by atoms with Crippen LogP contribution in [0.1, 0.15) is 23.7 Å². The minimum Gasteiger partial charge on any atom is -0.496 e. The van der Waals surface area contributed by atoms with Gasteiger partial charge in [-0.1, -0.05) is 18.5 Å². The van der Waals surface area contributed by atoms with Crippen LogP contribution >= 0.6 is 23.4 Å². The molecule has 3 rings (SSSR count). The van der Waals surface area contributed by atoms with Crippen molar-refractivity contribution in [2.24, 2.45) is 5.92 Å². The van der Waals surface area contributed by atoms with Gasteiger partial charge in [0.15, 0.2) is 11.5 Å². The first-order valence-electron chi connectivity index (χ1n) is 8.97. The molecule has 0 radical (unpaired) electrons. The number of carbonyl (C=O) groups excluding carboxylic acids is 2. The molecule has 0 fully saturated rings. The van der Waals surface area contributed by atoms with Crippen LogP contribution in [0.5, 0.6) is 17.2 Å². The third kappa shape index (κ3) is 3.29. The van der Waals surface area contributed by atoms with E-state index in [0.717, 1.165) is 12.3 Å². The lowest BCUT2D eigenvalue weighted by Crippen LogP contribution is -2.50. The number of benzene rings is 1. The lowest BCUT2D eigenvalue weighted by molar-refractivity contribution is -0.117. The number of methoxy groups -OCH3 is 2.